The zero-order valence-corrected chi connectivity index (χ0v) is 15.6. The fourth-order valence-corrected chi connectivity index (χ4v) is 3.03. The zero-order valence-electron chi connectivity index (χ0n) is 15.6. The van der Waals surface area contributed by atoms with Crippen LogP contribution in [0.25, 0.3) is 0 Å². The van der Waals surface area contributed by atoms with Crippen molar-refractivity contribution in [3.63, 3.8) is 0 Å². The van der Waals surface area contributed by atoms with Crippen LogP contribution in [0.2, 0.25) is 0 Å². The molecule has 1 aliphatic rings. The molecule has 1 aromatic rings. The number of aromatic amines is 1. The van der Waals surface area contributed by atoms with E-state index in [2.05, 4.69) is 4.98 Å². The normalized spacial score (nSPS) is 24.4. The molecule has 10 heteroatoms. The molecule has 1 saturated heterocycles. The van der Waals surface area contributed by atoms with Gasteiger partial charge in [-0.25, -0.2) is 4.79 Å². The lowest BCUT2D eigenvalue weighted by molar-refractivity contribution is -0.169. The summed E-state index contributed by atoms with van der Waals surface area (Å²) < 4.78 is 17.0. The molecule has 0 bridgehead atoms. The summed E-state index contributed by atoms with van der Waals surface area (Å²) in [6, 6.07) is 0. The van der Waals surface area contributed by atoms with Crippen molar-refractivity contribution >= 4 is 17.7 Å². The SMILES string of the molecule is CCC(=O)[C@]1(n2cc(C)c(=O)[nH]c2=O)C[C@H](OC(C)=O)[C@@H](COC(C)=O)O1. The van der Waals surface area contributed by atoms with Gasteiger partial charge in [0.25, 0.3) is 5.56 Å². The Morgan fingerprint density at radius 3 is 2.52 bits per heavy atom. The molecule has 10 nitrogen and oxygen atoms in total. The lowest BCUT2D eigenvalue weighted by Gasteiger charge is -2.29. The first-order valence-corrected chi connectivity index (χ1v) is 8.45. The number of hydrogen-bond acceptors (Lipinski definition) is 8. The van der Waals surface area contributed by atoms with Crippen molar-refractivity contribution in [1.29, 1.82) is 0 Å². The molecule has 0 saturated carbocycles. The highest BCUT2D eigenvalue weighted by atomic mass is 16.6. The molecule has 0 spiro atoms. The molecule has 3 atom stereocenters. The van der Waals surface area contributed by atoms with Gasteiger partial charge in [-0.2, -0.15) is 0 Å². The fourth-order valence-electron chi connectivity index (χ4n) is 3.03. The number of aromatic nitrogens is 2. The first-order valence-electron chi connectivity index (χ1n) is 8.45. The van der Waals surface area contributed by atoms with E-state index in [1.807, 2.05) is 0 Å². The molecule has 27 heavy (non-hydrogen) atoms. The van der Waals surface area contributed by atoms with Crippen LogP contribution in [0, 0.1) is 6.92 Å². The quantitative estimate of drug-likeness (QED) is 0.666. The van der Waals surface area contributed by atoms with Crippen molar-refractivity contribution in [1.82, 2.24) is 9.55 Å². The molecule has 148 valence electrons. The first kappa shape index (κ1) is 20.6. The molecule has 2 rings (SSSR count). The van der Waals surface area contributed by atoms with Gasteiger partial charge in [0.15, 0.2) is 5.78 Å². The van der Waals surface area contributed by atoms with Gasteiger partial charge in [0.05, 0.1) is 0 Å². The molecule has 0 aliphatic carbocycles. The molecule has 1 fully saturated rings. The Morgan fingerprint density at radius 2 is 1.96 bits per heavy atom. The van der Waals surface area contributed by atoms with E-state index in [0.717, 1.165) is 4.57 Å². The molecule has 2 heterocycles. The van der Waals surface area contributed by atoms with Crippen LogP contribution < -0.4 is 11.2 Å². The van der Waals surface area contributed by atoms with Crippen LogP contribution in [-0.4, -0.2) is 46.1 Å². The van der Waals surface area contributed by atoms with Gasteiger partial charge >= 0.3 is 17.6 Å². The molecular weight excluding hydrogens is 360 g/mol. The number of Topliss-reactive ketones (excluding diaryl/α,β-unsaturated/α-hetero) is 1. The maximum atomic E-state index is 12.8. The Hall–Kier alpha value is -2.75. The number of carbonyl (C=O) groups is 3. The van der Waals surface area contributed by atoms with E-state index in [9.17, 15) is 24.0 Å². The van der Waals surface area contributed by atoms with Gasteiger partial charge in [-0.15, -0.1) is 0 Å². The van der Waals surface area contributed by atoms with Crippen molar-refractivity contribution in [2.24, 2.45) is 0 Å². The largest absolute Gasteiger partial charge is 0.463 e. The van der Waals surface area contributed by atoms with Crippen LogP contribution in [0.3, 0.4) is 0 Å². The lowest BCUT2D eigenvalue weighted by Crippen LogP contribution is -2.50. The van der Waals surface area contributed by atoms with E-state index in [-0.39, 0.29) is 25.0 Å². The van der Waals surface area contributed by atoms with E-state index in [0.29, 0.717) is 0 Å². The number of H-pyrrole nitrogens is 1. The van der Waals surface area contributed by atoms with Gasteiger partial charge in [0, 0.05) is 38.4 Å². The number of esters is 2. The Kier molecular flexibility index (Phi) is 5.99. The van der Waals surface area contributed by atoms with Crippen molar-refractivity contribution in [2.45, 2.75) is 58.5 Å². The van der Waals surface area contributed by atoms with Crippen LogP contribution >= 0.6 is 0 Å². The van der Waals surface area contributed by atoms with Crippen molar-refractivity contribution in [3.05, 3.63) is 32.6 Å². The van der Waals surface area contributed by atoms with Gasteiger partial charge in [0.2, 0.25) is 5.72 Å². The Labute approximate surface area is 154 Å². The minimum absolute atomic E-state index is 0.0255. The number of ketones is 1. The second-order valence-electron chi connectivity index (χ2n) is 6.31. The fraction of sp³-hybridized carbons (Fsp3) is 0.588. The van der Waals surface area contributed by atoms with Crippen molar-refractivity contribution < 1.29 is 28.6 Å². The summed E-state index contributed by atoms with van der Waals surface area (Å²) in [5, 5.41) is 0. The number of ether oxygens (including phenoxy) is 3. The molecular formula is C17H22N2O8. The molecule has 0 aromatic carbocycles. The van der Waals surface area contributed by atoms with Gasteiger partial charge in [-0.3, -0.25) is 28.7 Å². The maximum absolute atomic E-state index is 12.8. The average Bonchev–Trinajstić information content (AvgIpc) is 2.94. The summed E-state index contributed by atoms with van der Waals surface area (Å²) in [6.45, 7) is 5.21. The van der Waals surface area contributed by atoms with Crippen LogP contribution in [-0.2, 0) is 34.3 Å². The first-order chi connectivity index (χ1) is 12.6. The van der Waals surface area contributed by atoms with Gasteiger partial charge in [0.1, 0.15) is 18.8 Å². The second-order valence-corrected chi connectivity index (χ2v) is 6.31. The van der Waals surface area contributed by atoms with Crippen molar-refractivity contribution in [2.75, 3.05) is 6.61 Å². The summed E-state index contributed by atoms with van der Waals surface area (Å²) in [5.41, 5.74) is -3.00. The third-order valence-corrected chi connectivity index (χ3v) is 4.27. The van der Waals surface area contributed by atoms with Crippen LogP contribution in [0.4, 0.5) is 0 Å². The summed E-state index contributed by atoms with van der Waals surface area (Å²) in [5.74, 6) is -1.63. The van der Waals surface area contributed by atoms with E-state index in [1.165, 1.54) is 27.0 Å². The average molecular weight is 382 g/mol. The summed E-state index contributed by atoms with van der Waals surface area (Å²) in [6.07, 6.45) is -0.772. The highest BCUT2D eigenvalue weighted by Crippen LogP contribution is 2.38. The Balaban J connectivity index is 2.55. The summed E-state index contributed by atoms with van der Waals surface area (Å²) in [7, 11) is 0. The maximum Gasteiger partial charge on any atom is 0.331 e. The predicted molar refractivity (Wildman–Crippen MR) is 91.0 cm³/mol. The number of hydrogen-bond donors (Lipinski definition) is 1. The third-order valence-electron chi connectivity index (χ3n) is 4.27. The van der Waals surface area contributed by atoms with Crippen LogP contribution in [0.5, 0.6) is 0 Å². The number of carbonyl (C=O) groups excluding carboxylic acids is 3. The topological polar surface area (TPSA) is 134 Å². The minimum atomic E-state index is -1.79. The molecule has 0 radical (unpaired) electrons. The van der Waals surface area contributed by atoms with Gasteiger partial charge < -0.3 is 14.2 Å². The van der Waals surface area contributed by atoms with E-state index < -0.39 is 46.9 Å². The number of aryl methyl sites for hydroxylation is 1. The number of rotatable bonds is 6. The predicted octanol–water partition coefficient (Wildman–Crippen LogP) is -0.239. The molecule has 0 unspecified atom stereocenters. The standard InChI is InChI=1S/C17H22N2O8/c1-5-14(22)17(19-7-9(2)15(23)18-16(19)24)6-12(26-11(4)21)13(27-17)8-25-10(3)20/h7,12-13H,5-6,8H2,1-4H3,(H,18,23,24)/t12-,13+,17-/m0/s1. The lowest BCUT2D eigenvalue weighted by atomic mass is 9.99. The summed E-state index contributed by atoms with van der Waals surface area (Å²) >= 11 is 0. The number of nitrogens with one attached hydrogen (secondary N) is 1. The van der Waals surface area contributed by atoms with Crippen LogP contribution in [0.1, 0.15) is 39.2 Å². The second kappa shape index (κ2) is 7.87. The van der Waals surface area contributed by atoms with Gasteiger partial charge in [-0.05, 0) is 6.92 Å². The third kappa shape index (κ3) is 4.16. The van der Waals surface area contributed by atoms with E-state index in [1.54, 1.807) is 6.92 Å². The Bertz CT molecular complexity index is 870. The highest BCUT2D eigenvalue weighted by molar-refractivity contribution is 5.85. The zero-order chi connectivity index (χ0) is 20.4. The van der Waals surface area contributed by atoms with Crippen LogP contribution in [0.15, 0.2) is 15.8 Å². The molecule has 1 aliphatic heterocycles. The molecule has 0 amide bonds. The molecule has 1 N–H and O–H groups in total. The molecule has 1 aromatic heterocycles. The van der Waals surface area contributed by atoms with Crippen molar-refractivity contribution in [3.8, 4) is 0 Å². The van der Waals surface area contributed by atoms with Gasteiger partial charge in [-0.1, -0.05) is 6.92 Å². The van der Waals surface area contributed by atoms with E-state index >= 15 is 0 Å². The minimum Gasteiger partial charge on any atom is -0.463 e. The summed E-state index contributed by atoms with van der Waals surface area (Å²) in [4.78, 5) is 61.6. The number of nitrogens with zero attached hydrogens (tertiary/aromatic N) is 1. The highest BCUT2D eigenvalue weighted by Gasteiger charge is 2.54. The smallest absolute Gasteiger partial charge is 0.331 e. The monoisotopic (exact) mass is 382 g/mol. The van der Waals surface area contributed by atoms with E-state index in [4.69, 9.17) is 14.2 Å². The Morgan fingerprint density at radius 1 is 1.30 bits per heavy atom.